The number of anilines is 1. The molecule has 0 aliphatic heterocycles. The molecule has 0 atom stereocenters. The van der Waals surface area contributed by atoms with Crippen molar-refractivity contribution in [1.29, 1.82) is 0 Å². The van der Waals surface area contributed by atoms with E-state index in [2.05, 4.69) is 59.5 Å². The van der Waals surface area contributed by atoms with Gasteiger partial charge in [0.2, 0.25) is 5.91 Å². The average molecular weight is 557 g/mol. The number of carbonyl (C=O) groups excluding carboxylic acids is 1. The molecule has 1 heterocycles. The van der Waals surface area contributed by atoms with E-state index in [1.165, 1.54) is 0 Å². The lowest BCUT2D eigenvalue weighted by Gasteiger charge is -2.49. The van der Waals surface area contributed by atoms with Gasteiger partial charge < -0.3 is 26.2 Å². The first-order chi connectivity index (χ1) is 19.7. The molecule has 41 heavy (non-hydrogen) atoms. The topological polar surface area (TPSA) is 115 Å². The first-order valence-electron chi connectivity index (χ1n) is 14.9. The Bertz CT molecular complexity index is 1310. The van der Waals surface area contributed by atoms with Crippen molar-refractivity contribution in [2.75, 3.05) is 25.2 Å². The number of hydrogen-bond acceptors (Lipinski definition) is 6. The number of benzene rings is 2. The van der Waals surface area contributed by atoms with Crippen LogP contribution in [0.15, 0.2) is 66.9 Å². The Morgan fingerprint density at radius 1 is 1.02 bits per heavy atom. The van der Waals surface area contributed by atoms with E-state index in [-0.39, 0.29) is 5.91 Å². The summed E-state index contributed by atoms with van der Waals surface area (Å²) in [5.74, 6) is 1.14. The quantitative estimate of drug-likeness (QED) is 0.273. The van der Waals surface area contributed by atoms with Gasteiger partial charge in [-0.2, -0.15) is 0 Å². The minimum Gasteiger partial charge on any atom is -0.390 e. The van der Waals surface area contributed by atoms with Crippen LogP contribution >= 0.6 is 0 Å². The van der Waals surface area contributed by atoms with Gasteiger partial charge in [0.05, 0.1) is 5.60 Å². The Morgan fingerprint density at radius 2 is 1.68 bits per heavy atom. The number of nitrogens with zero attached hydrogens (tertiary/aromatic N) is 2. The third kappa shape index (κ3) is 6.80. The van der Waals surface area contributed by atoms with Gasteiger partial charge in [0.15, 0.2) is 0 Å². The van der Waals surface area contributed by atoms with Crippen molar-refractivity contribution in [3.05, 3.63) is 72.4 Å². The van der Waals surface area contributed by atoms with Crippen LogP contribution in [0.1, 0.15) is 63.9 Å². The smallest absolute Gasteiger partial charge is 0.217 e. The number of rotatable bonds is 11. The van der Waals surface area contributed by atoms with Gasteiger partial charge in [-0.1, -0.05) is 54.6 Å². The molecular weight excluding hydrogens is 512 g/mol. The lowest BCUT2D eigenvalue weighted by atomic mass is 9.63. The monoisotopic (exact) mass is 556 g/mol. The van der Waals surface area contributed by atoms with Gasteiger partial charge in [0, 0.05) is 50.0 Å². The molecule has 0 spiro atoms. The van der Waals surface area contributed by atoms with E-state index in [9.17, 15) is 9.90 Å². The van der Waals surface area contributed by atoms with Crippen molar-refractivity contribution in [2.45, 2.75) is 75.5 Å². The van der Waals surface area contributed by atoms with Crippen molar-refractivity contribution in [3.8, 4) is 22.3 Å². The van der Waals surface area contributed by atoms with E-state index in [1.54, 1.807) is 7.11 Å². The maximum atomic E-state index is 11.5. The summed E-state index contributed by atoms with van der Waals surface area (Å²) in [4.78, 5) is 19.0. The number of ether oxygens (including phenoxy) is 1. The Balaban J connectivity index is 1.45. The molecule has 5 rings (SSSR count). The summed E-state index contributed by atoms with van der Waals surface area (Å²) < 4.78 is 5.38. The van der Waals surface area contributed by atoms with Gasteiger partial charge in [-0.25, -0.2) is 4.98 Å². The van der Waals surface area contributed by atoms with Crippen LogP contribution < -0.4 is 16.4 Å². The van der Waals surface area contributed by atoms with Crippen molar-refractivity contribution in [3.63, 3.8) is 0 Å². The fraction of sp³-hybridized carbons (Fsp3) is 0.471. The summed E-state index contributed by atoms with van der Waals surface area (Å²) in [6.07, 6.45) is 8.56. The van der Waals surface area contributed by atoms with Gasteiger partial charge in [-0.15, -0.1) is 0 Å². The van der Waals surface area contributed by atoms with Crippen LogP contribution in [-0.2, 0) is 15.1 Å². The van der Waals surface area contributed by atoms with Crippen LogP contribution in [0.25, 0.3) is 22.3 Å². The maximum Gasteiger partial charge on any atom is 0.217 e. The summed E-state index contributed by atoms with van der Waals surface area (Å²) in [6.45, 7) is 3.40. The van der Waals surface area contributed by atoms with Gasteiger partial charge >= 0.3 is 0 Å². The number of amides is 1. The molecule has 1 amide bonds. The molecule has 2 fully saturated rings. The fourth-order valence-corrected chi connectivity index (χ4v) is 6.99. The number of aliphatic hydroxyl groups is 1. The molecule has 218 valence electrons. The Labute approximate surface area is 243 Å². The van der Waals surface area contributed by atoms with Crippen molar-refractivity contribution >= 4 is 11.7 Å². The zero-order valence-corrected chi connectivity index (χ0v) is 24.4. The normalized spacial score (nSPS) is 25.9. The molecular formula is C34H44N4O3. The van der Waals surface area contributed by atoms with Crippen LogP contribution in [0.2, 0.25) is 0 Å². The first kappa shape index (κ1) is 29.2. The molecule has 0 unspecified atom stereocenters. The van der Waals surface area contributed by atoms with Crippen molar-refractivity contribution < 1.29 is 14.6 Å². The highest BCUT2D eigenvalue weighted by molar-refractivity contribution is 5.84. The van der Waals surface area contributed by atoms with E-state index < -0.39 is 11.1 Å². The molecule has 7 nitrogen and oxygen atoms in total. The lowest BCUT2D eigenvalue weighted by molar-refractivity contribution is -0.119. The third-order valence-electron chi connectivity index (χ3n) is 8.93. The largest absolute Gasteiger partial charge is 0.390 e. The van der Waals surface area contributed by atoms with Crippen molar-refractivity contribution in [2.24, 2.45) is 17.4 Å². The van der Waals surface area contributed by atoms with E-state index in [4.69, 9.17) is 21.2 Å². The molecule has 0 bridgehead atoms. The highest BCUT2D eigenvalue weighted by atomic mass is 16.5. The van der Waals surface area contributed by atoms with Crippen molar-refractivity contribution in [1.82, 2.24) is 4.98 Å². The fourth-order valence-electron chi connectivity index (χ4n) is 6.99. The summed E-state index contributed by atoms with van der Waals surface area (Å²) in [5, 5.41) is 10.3. The Morgan fingerprint density at radius 3 is 2.29 bits per heavy atom. The van der Waals surface area contributed by atoms with Gasteiger partial charge in [0.25, 0.3) is 0 Å². The summed E-state index contributed by atoms with van der Waals surface area (Å²) in [6, 6.07) is 21.5. The Kier molecular flexibility index (Phi) is 8.78. The minimum atomic E-state index is -0.691. The highest BCUT2D eigenvalue weighted by Gasteiger charge is 2.49. The molecule has 2 aromatic carbocycles. The Hall–Kier alpha value is -3.26. The highest BCUT2D eigenvalue weighted by Crippen LogP contribution is 2.46. The number of methoxy groups -OCH3 is 1. The number of nitrogens with two attached hydrogens (primary N) is 2. The number of aromatic nitrogens is 1. The predicted molar refractivity (Wildman–Crippen MR) is 164 cm³/mol. The maximum absolute atomic E-state index is 11.5. The molecule has 0 saturated heterocycles. The number of primary amides is 1. The second-order valence-corrected chi connectivity index (χ2v) is 12.4. The second-order valence-electron chi connectivity index (χ2n) is 12.4. The van der Waals surface area contributed by atoms with Crippen LogP contribution in [0.3, 0.4) is 0 Å². The number of hydrogen-bond donors (Lipinski definition) is 3. The number of pyridine rings is 1. The standard InChI is InChI=1S/C34H44N4O3/c1-33(40)22-34(36,23-33)27-13-11-26(12-14-27)30-21-37-32(20-29(30)25-7-4-3-5-8-25)38(17-6-18-41-2)28-15-9-24(10-16-28)19-31(35)39/h3-5,7-8,11-14,20-21,24,28,40H,6,9-10,15-19,22-23,36H2,1-2H3,(H2,35,39). The first-order valence-corrected chi connectivity index (χ1v) is 14.9. The van der Waals surface area contributed by atoms with Crippen LogP contribution in [-0.4, -0.2) is 47.9 Å². The van der Waals surface area contributed by atoms with E-state index in [1.807, 2.05) is 19.2 Å². The third-order valence-corrected chi connectivity index (χ3v) is 8.93. The van der Waals surface area contributed by atoms with Gasteiger partial charge in [-0.3, -0.25) is 4.79 Å². The van der Waals surface area contributed by atoms with E-state index in [0.717, 1.165) is 72.3 Å². The molecule has 2 aliphatic rings. The SMILES string of the molecule is COCCCN(c1cc(-c2ccccc2)c(-c2ccc(C3(N)CC(C)(O)C3)cc2)cn1)C1CCC(CC(N)=O)CC1. The minimum absolute atomic E-state index is 0.204. The summed E-state index contributed by atoms with van der Waals surface area (Å²) in [7, 11) is 1.74. The van der Waals surface area contributed by atoms with Crippen LogP contribution in [0.4, 0.5) is 5.82 Å². The molecule has 1 aromatic heterocycles. The van der Waals surface area contributed by atoms with Crippen LogP contribution in [0, 0.1) is 5.92 Å². The van der Waals surface area contributed by atoms with Gasteiger partial charge in [-0.05, 0) is 86.1 Å². The molecule has 7 heteroatoms. The van der Waals surface area contributed by atoms with E-state index in [0.29, 0.717) is 37.8 Å². The van der Waals surface area contributed by atoms with Crippen LogP contribution in [0.5, 0.6) is 0 Å². The number of carbonyl (C=O) groups is 1. The molecule has 3 aromatic rings. The molecule has 0 radical (unpaired) electrons. The molecule has 5 N–H and O–H groups in total. The summed E-state index contributed by atoms with van der Waals surface area (Å²) in [5.41, 5.74) is 16.4. The molecule has 2 saturated carbocycles. The zero-order valence-electron chi connectivity index (χ0n) is 24.4. The van der Waals surface area contributed by atoms with E-state index >= 15 is 0 Å². The van der Waals surface area contributed by atoms with Gasteiger partial charge in [0.1, 0.15) is 5.82 Å². The summed E-state index contributed by atoms with van der Waals surface area (Å²) >= 11 is 0. The average Bonchev–Trinajstić information content (AvgIpc) is 2.95. The predicted octanol–water partition coefficient (Wildman–Crippen LogP) is 5.39. The lowest BCUT2D eigenvalue weighted by Crippen LogP contribution is -2.58. The molecule has 2 aliphatic carbocycles. The zero-order chi connectivity index (χ0) is 29.0. The second kappa shape index (κ2) is 12.3.